The first kappa shape index (κ1) is 13.2. The van der Waals surface area contributed by atoms with E-state index < -0.39 is 0 Å². The molecule has 0 atom stereocenters. The standard InChI is InChI=1S/C14H14INO2/c1-14(2,3)10-5-6-12-11(9-10)16(8-4-7-15)13(17)18-12/h5-6,9H,8H2,1-3H3. The SMILES string of the molecule is CC(C)(C)c1ccc2oc(=O)n(CC#CI)c2c1. The molecule has 0 aliphatic rings. The molecule has 0 fully saturated rings. The molecule has 94 valence electrons. The molecule has 0 N–H and O–H groups in total. The van der Waals surface area contributed by atoms with Crippen LogP contribution < -0.4 is 5.76 Å². The molecule has 1 aromatic carbocycles. The Morgan fingerprint density at radius 3 is 2.72 bits per heavy atom. The van der Waals surface area contributed by atoms with E-state index in [1.54, 1.807) is 4.57 Å². The van der Waals surface area contributed by atoms with Gasteiger partial charge in [-0.2, -0.15) is 0 Å². The highest BCUT2D eigenvalue weighted by Gasteiger charge is 2.16. The second-order valence-corrected chi connectivity index (χ2v) is 5.70. The van der Waals surface area contributed by atoms with Gasteiger partial charge in [-0.15, -0.1) is 0 Å². The summed E-state index contributed by atoms with van der Waals surface area (Å²) in [6.45, 7) is 6.78. The van der Waals surface area contributed by atoms with Crippen LogP contribution >= 0.6 is 22.6 Å². The van der Waals surface area contributed by atoms with Crippen LogP contribution in [0.5, 0.6) is 0 Å². The predicted octanol–water partition coefficient (Wildman–Crippen LogP) is 3.29. The maximum atomic E-state index is 11.7. The highest BCUT2D eigenvalue weighted by molar-refractivity contribution is 14.1. The lowest BCUT2D eigenvalue weighted by Crippen LogP contribution is -2.14. The Kier molecular flexibility index (Phi) is 3.53. The van der Waals surface area contributed by atoms with Gasteiger partial charge in [-0.1, -0.05) is 32.8 Å². The van der Waals surface area contributed by atoms with Crippen molar-refractivity contribution < 1.29 is 4.42 Å². The first-order chi connectivity index (χ1) is 8.43. The molecule has 1 aromatic heterocycles. The minimum atomic E-state index is -0.352. The van der Waals surface area contributed by atoms with Gasteiger partial charge in [0.25, 0.3) is 0 Å². The number of benzene rings is 1. The Bertz CT molecular complexity index is 692. The highest BCUT2D eigenvalue weighted by Crippen LogP contribution is 2.25. The molecule has 0 radical (unpaired) electrons. The number of fused-ring (bicyclic) bond motifs is 1. The van der Waals surface area contributed by atoms with Gasteiger partial charge in [-0.05, 0) is 27.0 Å². The number of hydrogen-bond acceptors (Lipinski definition) is 2. The molecule has 0 aliphatic carbocycles. The summed E-state index contributed by atoms with van der Waals surface area (Å²) in [7, 11) is 0. The Labute approximate surface area is 119 Å². The molecular formula is C14H14INO2. The molecule has 2 rings (SSSR count). The monoisotopic (exact) mass is 355 g/mol. The quantitative estimate of drug-likeness (QED) is 0.581. The molecular weight excluding hydrogens is 341 g/mol. The number of oxazole rings is 1. The summed E-state index contributed by atoms with van der Waals surface area (Å²) in [4.78, 5) is 11.7. The van der Waals surface area contributed by atoms with Gasteiger partial charge < -0.3 is 4.42 Å². The van der Waals surface area contributed by atoms with Crippen molar-refractivity contribution >= 4 is 33.7 Å². The summed E-state index contributed by atoms with van der Waals surface area (Å²) >= 11 is 1.96. The van der Waals surface area contributed by atoms with Crippen molar-refractivity contribution in [2.45, 2.75) is 32.7 Å². The predicted molar refractivity (Wildman–Crippen MR) is 81.0 cm³/mol. The maximum Gasteiger partial charge on any atom is 0.420 e. The first-order valence-corrected chi connectivity index (χ1v) is 6.74. The normalized spacial score (nSPS) is 11.3. The molecule has 0 bridgehead atoms. The van der Waals surface area contributed by atoms with Crippen molar-refractivity contribution in [3.05, 3.63) is 34.3 Å². The molecule has 0 saturated carbocycles. The van der Waals surface area contributed by atoms with Crippen LogP contribution in [-0.2, 0) is 12.0 Å². The lowest BCUT2D eigenvalue weighted by atomic mass is 9.87. The molecule has 2 aromatic rings. The van der Waals surface area contributed by atoms with Crippen molar-refractivity contribution in [3.63, 3.8) is 0 Å². The molecule has 0 spiro atoms. The molecule has 0 unspecified atom stereocenters. The van der Waals surface area contributed by atoms with E-state index in [4.69, 9.17) is 4.42 Å². The number of halogens is 1. The van der Waals surface area contributed by atoms with Crippen molar-refractivity contribution in [1.82, 2.24) is 4.57 Å². The molecule has 4 heteroatoms. The number of nitrogens with zero attached hydrogens (tertiary/aromatic N) is 1. The van der Waals surface area contributed by atoms with Gasteiger partial charge in [0.05, 0.1) is 12.1 Å². The molecule has 3 nitrogen and oxygen atoms in total. The van der Waals surface area contributed by atoms with Crippen molar-refractivity contribution in [2.24, 2.45) is 0 Å². The van der Waals surface area contributed by atoms with E-state index in [9.17, 15) is 4.79 Å². The van der Waals surface area contributed by atoms with Gasteiger partial charge in [0, 0.05) is 22.6 Å². The van der Waals surface area contributed by atoms with E-state index in [0.29, 0.717) is 12.1 Å². The summed E-state index contributed by atoms with van der Waals surface area (Å²) in [6.07, 6.45) is 0. The fraction of sp³-hybridized carbons (Fsp3) is 0.357. The van der Waals surface area contributed by atoms with Crippen LogP contribution in [0.15, 0.2) is 27.4 Å². The highest BCUT2D eigenvalue weighted by atomic mass is 127. The zero-order valence-electron chi connectivity index (χ0n) is 10.6. The Morgan fingerprint density at radius 1 is 1.39 bits per heavy atom. The second-order valence-electron chi connectivity index (χ2n) is 5.16. The molecule has 0 aliphatic heterocycles. The van der Waals surface area contributed by atoms with Crippen LogP contribution in [-0.4, -0.2) is 4.57 Å². The average molecular weight is 355 g/mol. The first-order valence-electron chi connectivity index (χ1n) is 5.66. The lowest BCUT2D eigenvalue weighted by Gasteiger charge is -2.18. The van der Waals surface area contributed by atoms with Crippen LogP contribution in [0.1, 0.15) is 26.3 Å². The zero-order chi connectivity index (χ0) is 13.3. The number of aromatic nitrogens is 1. The van der Waals surface area contributed by atoms with E-state index in [2.05, 4.69) is 30.6 Å². The second kappa shape index (κ2) is 4.81. The van der Waals surface area contributed by atoms with Crippen molar-refractivity contribution in [2.75, 3.05) is 0 Å². The van der Waals surface area contributed by atoms with Crippen molar-refractivity contribution in [3.8, 4) is 9.85 Å². The van der Waals surface area contributed by atoms with E-state index in [-0.39, 0.29) is 11.2 Å². The third-order valence-electron chi connectivity index (χ3n) is 2.84. The Balaban J connectivity index is 2.65. The molecule has 1 heterocycles. The summed E-state index contributed by atoms with van der Waals surface area (Å²) < 4.78 is 9.53. The van der Waals surface area contributed by atoms with Crippen LogP contribution in [0.2, 0.25) is 0 Å². The van der Waals surface area contributed by atoms with Crippen molar-refractivity contribution in [1.29, 1.82) is 0 Å². The Hall–Kier alpha value is -1.22. The molecule has 18 heavy (non-hydrogen) atoms. The summed E-state index contributed by atoms with van der Waals surface area (Å²) in [5.74, 6) is 2.53. The Morgan fingerprint density at radius 2 is 2.11 bits per heavy atom. The van der Waals surface area contributed by atoms with E-state index in [1.165, 1.54) is 5.56 Å². The fourth-order valence-corrected chi connectivity index (χ4v) is 1.96. The van der Waals surface area contributed by atoms with Crippen LogP contribution in [0.3, 0.4) is 0 Å². The largest absolute Gasteiger partial charge is 0.420 e. The lowest BCUT2D eigenvalue weighted by molar-refractivity contribution is 0.521. The van der Waals surface area contributed by atoms with E-state index >= 15 is 0 Å². The minimum absolute atomic E-state index is 0.0429. The maximum absolute atomic E-state index is 11.7. The van der Waals surface area contributed by atoms with Crippen LogP contribution in [0.4, 0.5) is 0 Å². The van der Waals surface area contributed by atoms with Gasteiger partial charge in [-0.25, -0.2) is 4.79 Å². The smallest absolute Gasteiger partial charge is 0.408 e. The zero-order valence-corrected chi connectivity index (χ0v) is 12.7. The van der Waals surface area contributed by atoms with Gasteiger partial charge in [0.15, 0.2) is 5.58 Å². The van der Waals surface area contributed by atoms with Gasteiger partial charge >= 0.3 is 5.76 Å². The van der Waals surface area contributed by atoms with E-state index in [0.717, 1.165) is 5.52 Å². The topological polar surface area (TPSA) is 35.1 Å². The molecule has 0 saturated heterocycles. The van der Waals surface area contributed by atoms with Gasteiger partial charge in [0.1, 0.15) is 0 Å². The van der Waals surface area contributed by atoms with E-state index in [1.807, 2.05) is 40.8 Å². The fourth-order valence-electron chi connectivity index (χ4n) is 1.79. The summed E-state index contributed by atoms with van der Waals surface area (Å²) in [5.41, 5.74) is 2.64. The van der Waals surface area contributed by atoms with Gasteiger partial charge in [-0.3, -0.25) is 4.57 Å². The third kappa shape index (κ3) is 2.46. The van der Waals surface area contributed by atoms with Crippen LogP contribution in [0, 0.1) is 9.85 Å². The summed E-state index contributed by atoms with van der Waals surface area (Å²) in [5, 5.41) is 0. The van der Waals surface area contributed by atoms with Crippen LogP contribution in [0.25, 0.3) is 11.1 Å². The van der Waals surface area contributed by atoms with Gasteiger partial charge in [0.2, 0.25) is 0 Å². The minimum Gasteiger partial charge on any atom is -0.408 e. The number of hydrogen-bond donors (Lipinski definition) is 0. The third-order valence-corrected chi connectivity index (χ3v) is 3.22. The summed E-state index contributed by atoms with van der Waals surface area (Å²) in [6, 6.07) is 5.86. The average Bonchev–Trinajstić information content (AvgIpc) is 2.60. The molecule has 0 amide bonds. The number of rotatable bonds is 1.